The van der Waals surface area contributed by atoms with Gasteiger partial charge in [0.05, 0.1) is 7.11 Å². The van der Waals surface area contributed by atoms with Crippen molar-refractivity contribution in [1.82, 2.24) is 0 Å². The van der Waals surface area contributed by atoms with E-state index in [4.69, 9.17) is 5.73 Å². The van der Waals surface area contributed by atoms with Gasteiger partial charge >= 0.3 is 5.97 Å². The van der Waals surface area contributed by atoms with Gasteiger partial charge in [0.25, 0.3) is 0 Å². The molecule has 0 saturated heterocycles. The lowest BCUT2D eigenvalue weighted by Crippen LogP contribution is -2.46. The summed E-state index contributed by atoms with van der Waals surface area (Å²) in [6, 6.07) is 6.39. The largest absolute Gasteiger partial charge is 0.468 e. The quantitative estimate of drug-likeness (QED) is 0.801. The Morgan fingerprint density at radius 1 is 1.53 bits per heavy atom. The molecule has 0 aliphatic carbocycles. The zero-order chi connectivity index (χ0) is 14.5. The molecule has 2 N–H and O–H groups in total. The van der Waals surface area contributed by atoms with Crippen LogP contribution in [0.2, 0.25) is 0 Å². The van der Waals surface area contributed by atoms with E-state index < -0.39 is 11.5 Å². The monoisotopic (exact) mass is 268 g/mol. The van der Waals surface area contributed by atoms with Gasteiger partial charge in [-0.05, 0) is 38.0 Å². The van der Waals surface area contributed by atoms with E-state index in [1.807, 2.05) is 18.0 Å². The van der Waals surface area contributed by atoms with Crippen LogP contribution in [0.25, 0.3) is 0 Å². The van der Waals surface area contributed by atoms with E-state index in [1.54, 1.807) is 13.0 Å². The Kier molecular flexibility index (Phi) is 5.30. The third kappa shape index (κ3) is 4.52. The highest BCUT2D eigenvalue weighted by molar-refractivity contribution is 5.79. The summed E-state index contributed by atoms with van der Waals surface area (Å²) < 4.78 is 17.7. The number of hydrogen-bond acceptors (Lipinski definition) is 4. The molecule has 1 aromatic carbocycles. The molecular weight excluding hydrogens is 247 g/mol. The maximum atomic E-state index is 13.1. The number of benzene rings is 1. The molecule has 0 saturated carbocycles. The molecule has 0 fully saturated rings. The zero-order valence-corrected chi connectivity index (χ0v) is 11.6. The minimum atomic E-state index is -0.975. The van der Waals surface area contributed by atoms with Crippen LogP contribution in [-0.4, -0.2) is 32.2 Å². The molecule has 0 amide bonds. The van der Waals surface area contributed by atoms with Crippen LogP contribution in [0, 0.1) is 5.82 Å². The number of anilines is 1. The van der Waals surface area contributed by atoms with Crippen LogP contribution in [0.15, 0.2) is 24.3 Å². The van der Waals surface area contributed by atoms with Gasteiger partial charge in [-0.1, -0.05) is 6.07 Å². The number of carbonyl (C=O) groups is 1. The number of nitrogens with zero attached hydrogens (tertiary/aromatic N) is 1. The Bertz CT molecular complexity index is 435. The van der Waals surface area contributed by atoms with E-state index in [1.165, 1.54) is 19.2 Å². The minimum Gasteiger partial charge on any atom is -0.468 e. The molecule has 1 rings (SSSR count). The van der Waals surface area contributed by atoms with Crippen molar-refractivity contribution in [3.05, 3.63) is 30.1 Å². The topological polar surface area (TPSA) is 55.6 Å². The van der Waals surface area contributed by atoms with Crippen LogP contribution in [0.3, 0.4) is 0 Å². The molecule has 0 spiro atoms. The summed E-state index contributed by atoms with van der Waals surface area (Å²) >= 11 is 0. The van der Waals surface area contributed by atoms with Gasteiger partial charge in [0.2, 0.25) is 0 Å². The molecule has 0 radical (unpaired) electrons. The van der Waals surface area contributed by atoms with Gasteiger partial charge in [0.1, 0.15) is 11.4 Å². The lowest BCUT2D eigenvalue weighted by atomic mass is 9.97. The Balaban J connectivity index is 2.47. The van der Waals surface area contributed by atoms with Gasteiger partial charge in [-0.2, -0.15) is 0 Å². The molecule has 0 aliphatic rings. The number of rotatable bonds is 6. The van der Waals surface area contributed by atoms with Crippen LogP contribution < -0.4 is 10.6 Å². The lowest BCUT2D eigenvalue weighted by molar-refractivity contribution is -0.146. The summed E-state index contributed by atoms with van der Waals surface area (Å²) in [5.74, 6) is -0.677. The van der Waals surface area contributed by atoms with Crippen molar-refractivity contribution in [3.8, 4) is 0 Å². The van der Waals surface area contributed by atoms with E-state index in [0.717, 1.165) is 12.1 Å². The molecule has 0 bridgehead atoms. The van der Waals surface area contributed by atoms with Crippen molar-refractivity contribution in [1.29, 1.82) is 0 Å². The summed E-state index contributed by atoms with van der Waals surface area (Å²) in [4.78, 5) is 13.3. The number of ether oxygens (including phenoxy) is 1. The lowest BCUT2D eigenvalue weighted by Gasteiger charge is -2.24. The first-order chi connectivity index (χ1) is 8.86. The third-order valence-corrected chi connectivity index (χ3v) is 3.09. The molecule has 1 aromatic rings. The maximum absolute atomic E-state index is 13.1. The number of nitrogens with two attached hydrogens (primary N) is 1. The molecule has 1 unspecified atom stereocenters. The van der Waals surface area contributed by atoms with Crippen molar-refractivity contribution >= 4 is 11.7 Å². The number of esters is 1. The minimum absolute atomic E-state index is 0.262. The highest BCUT2D eigenvalue weighted by Crippen LogP contribution is 2.16. The Labute approximate surface area is 113 Å². The SMILES string of the molecule is COC(=O)C(C)(N)CCCN(C)c1cccc(F)c1. The van der Waals surface area contributed by atoms with Crippen molar-refractivity contribution in [3.63, 3.8) is 0 Å². The molecule has 19 heavy (non-hydrogen) atoms. The molecule has 0 aromatic heterocycles. The number of carbonyl (C=O) groups excluding carboxylic acids is 1. The normalized spacial score (nSPS) is 13.7. The fourth-order valence-electron chi connectivity index (χ4n) is 1.86. The fourth-order valence-corrected chi connectivity index (χ4v) is 1.86. The molecular formula is C14H21FN2O2. The maximum Gasteiger partial charge on any atom is 0.325 e. The second-order valence-corrected chi connectivity index (χ2v) is 4.91. The number of hydrogen-bond donors (Lipinski definition) is 1. The zero-order valence-electron chi connectivity index (χ0n) is 11.6. The first-order valence-corrected chi connectivity index (χ1v) is 6.21. The average Bonchev–Trinajstić information content (AvgIpc) is 2.37. The van der Waals surface area contributed by atoms with E-state index in [-0.39, 0.29) is 5.82 Å². The molecule has 106 valence electrons. The van der Waals surface area contributed by atoms with Crippen molar-refractivity contribution in [2.45, 2.75) is 25.3 Å². The van der Waals surface area contributed by atoms with Gasteiger partial charge < -0.3 is 15.4 Å². The predicted molar refractivity (Wildman–Crippen MR) is 73.5 cm³/mol. The van der Waals surface area contributed by atoms with Crippen LogP contribution in [0.5, 0.6) is 0 Å². The number of methoxy groups -OCH3 is 1. The molecule has 0 heterocycles. The third-order valence-electron chi connectivity index (χ3n) is 3.09. The summed E-state index contributed by atoms with van der Waals surface area (Å²) in [6.07, 6.45) is 1.23. The first kappa shape index (κ1) is 15.4. The Morgan fingerprint density at radius 2 is 2.21 bits per heavy atom. The highest BCUT2D eigenvalue weighted by atomic mass is 19.1. The number of halogens is 1. The standard InChI is InChI=1S/C14H21FN2O2/c1-14(16,13(18)19-3)8-5-9-17(2)12-7-4-6-11(15)10-12/h4,6-7,10H,5,8-9,16H2,1-3H3. The van der Waals surface area contributed by atoms with Gasteiger partial charge in [-0.25, -0.2) is 4.39 Å². The highest BCUT2D eigenvalue weighted by Gasteiger charge is 2.28. The van der Waals surface area contributed by atoms with E-state index >= 15 is 0 Å². The Morgan fingerprint density at radius 3 is 2.79 bits per heavy atom. The van der Waals surface area contributed by atoms with Gasteiger partial charge in [0, 0.05) is 19.3 Å². The van der Waals surface area contributed by atoms with Crippen LogP contribution in [0.1, 0.15) is 19.8 Å². The second-order valence-electron chi connectivity index (χ2n) is 4.91. The molecule has 5 heteroatoms. The van der Waals surface area contributed by atoms with Gasteiger partial charge in [-0.3, -0.25) is 4.79 Å². The smallest absolute Gasteiger partial charge is 0.325 e. The predicted octanol–water partition coefficient (Wildman–Crippen LogP) is 1.93. The molecule has 0 aliphatic heterocycles. The summed E-state index contributed by atoms with van der Waals surface area (Å²) in [6.45, 7) is 2.34. The van der Waals surface area contributed by atoms with E-state index in [2.05, 4.69) is 4.74 Å². The summed E-state index contributed by atoms with van der Waals surface area (Å²) in [7, 11) is 3.20. The Hall–Kier alpha value is -1.62. The first-order valence-electron chi connectivity index (χ1n) is 6.21. The van der Waals surface area contributed by atoms with Crippen molar-refractivity contribution < 1.29 is 13.9 Å². The van der Waals surface area contributed by atoms with E-state index in [9.17, 15) is 9.18 Å². The summed E-state index contributed by atoms with van der Waals surface area (Å²) in [5, 5.41) is 0. The van der Waals surface area contributed by atoms with Crippen LogP contribution in [-0.2, 0) is 9.53 Å². The molecule has 4 nitrogen and oxygen atoms in total. The van der Waals surface area contributed by atoms with Gasteiger partial charge in [-0.15, -0.1) is 0 Å². The second kappa shape index (κ2) is 6.52. The fraction of sp³-hybridized carbons (Fsp3) is 0.500. The average molecular weight is 268 g/mol. The van der Waals surface area contributed by atoms with Crippen LogP contribution in [0.4, 0.5) is 10.1 Å². The van der Waals surface area contributed by atoms with Crippen molar-refractivity contribution in [2.75, 3.05) is 25.6 Å². The summed E-state index contributed by atoms with van der Waals surface area (Å²) in [5.41, 5.74) is 5.69. The van der Waals surface area contributed by atoms with E-state index in [0.29, 0.717) is 13.0 Å². The van der Waals surface area contributed by atoms with Gasteiger partial charge in [0.15, 0.2) is 0 Å². The molecule has 1 atom stereocenters. The van der Waals surface area contributed by atoms with Crippen LogP contribution >= 0.6 is 0 Å². The van der Waals surface area contributed by atoms with Crippen molar-refractivity contribution in [2.24, 2.45) is 5.73 Å².